The van der Waals surface area contributed by atoms with Gasteiger partial charge in [0.25, 0.3) is 0 Å². The molecule has 2 aromatic rings. The van der Waals surface area contributed by atoms with Crippen LogP contribution in [0.1, 0.15) is 5.56 Å². The van der Waals surface area contributed by atoms with Crippen LogP contribution in [0.2, 0.25) is 0 Å². The van der Waals surface area contributed by atoms with E-state index in [9.17, 15) is 4.39 Å². The summed E-state index contributed by atoms with van der Waals surface area (Å²) in [4.78, 5) is 4.01. The van der Waals surface area contributed by atoms with E-state index in [0.29, 0.717) is 14.8 Å². The van der Waals surface area contributed by atoms with E-state index >= 15 is 0 Å². The molecule has 0 spiro atoms. The molecule has 0 atom stereocenters. The maximum absolute atomic E-state index is 13.0. The van der Waals surface area contributed by atoms with Crippen LogP contribution in [-0.2, 0) is 6.54 Å². The molecule has 78 valence electrons. The highest BCUT2D eigenvalue weighted by Gasteiger charge is 2.02. The van der Waals surface area contributed by atoms with E-state index in [2.05, 4.69) is 26.0 Å². The van der Waals surface area contributed by atoms with Crippen LogP contribution in [0.3, 0.4) is 0 Å². The molecule has 0 aliphatic carbocycles. The van der Waals surface area contributed by atoms with Gasteiger partial charge in [-0.3, -0.25) is 0 Å². The summed E-state index contributed by atoms with van der Waals surface area (Å²) in [7, 11) is 0. The molecule has 0 saturated heterocycles. The van der Waals surface area contributed by atoms with Crippen molar-refractivity contribution in [1.82, 2.24) is 14.8 Å². The summed E-state index contributed by atoms with van der Waals surface area (Å²) < 4.78 is 15.8. The van der Waals surface area contributed by atoms with Gasteiger partial charge in [-0.15, -0.1) is 5.10 Å². The number of hydrogen-bond acceptors (Lipinski definition) is 2. The van der Waals surface area contributed by atoms with E-state index in [1.165, 1.54) is 6.07 Å². The Morgan fingerprint density at radius 3 is 2.87 bits per heavy atom. The van der Waals surface area contributed by atoms with Crippen molar-refractivity contribution in [3.8, 4) is 0 Å². The van der Waals surface area contributed by atoms with E-state index in [1.54, 1.807) is 23.1 Å². The summed E-state index contributed by atoms with van der Waals surface area (Å²) in [6, 6.07) is 4.90. The summed E-state index contributed by atoms with van der Waals surface area (Å²) in [5, 5.41) is 4.14. The quantitative estimate of drug-likeness (QED) is 0.749. The standard InChI is InChI=1S/C9H6BrFIN3/c10-7-3-6(1-2-8(7)11)4-15-5-13-9(12)14-15/h1-3,5H,4H2. The monoisotopic (exact) mass is 381 g/mol. The molecule has 1 heterocycles. The smallest absolute Gasteiger partial charge is 0.211 e. The fourth-order valence-corrected chi connectivity index (χ4v) is 2.00. The van der Waals surface area contributed by atoms with Crippen molar-refractivity contribution < 1.29 is 4.39 Å². The number of benzene rings is 1. The van der Waals surface area contributed by atoms with Gasteiger partial charge in [-0.2, -0.15) is 0 Å². The van der Waals surface area contributed by atoms with Gasteiger partial charge in [0, 0.05) is 22.6 Å². The van der Waals surface area contributed by atoms with Crippen LogP contribution in [0, 0.1) is 9.65 Å². The van der Waals surface area contributed by atoms with Crippen molar-refractivity contribution in [1.29, 1.82) is 0 Å². The molecule has 0 N–H and O–H groups in total. The van der Waals surface area contributed by atoms with Gasteiger partial charge < -0.3 is 0 Å². The minimum Gasteiger partial charge on any atom is -0.247 e. The van der Waals surface area contributed by atoms with Crippen LogP contribution < -0.4 is 0 Å². The number of halogens is 3. The van der Waals surface area contributed by atoms with E-state index in [4.69, 9.17) is 0 Å². The molecular weight excluding hydrogens is 376 g/mol. The molecule has 0 saturated carbocycles. The molecule has 0 fully saturated rings. The zero-order chi connectivity index (χ0) is 10.8. The third kappa shape index (κ3) is 2.75. The summed E-state index contributed by atoms with van der Waals surface area (Å²) in [6.45, 7) is 0.592. The van der Waals surface area contributed by atoms with Gasteiger partial charge in [-0.1, -0.05) is 6.07 Å². The van der Waals surface area contributed by atoms with Gasteiger partial charge in [-0.25, -0.2) is 14.1 Å². The van der Waals surface area contributed by atoms with Crippen molar-refractivity contribution in [3.63, 3.8) is 0 Å². The first kappa shape index (κ1) is 11.0. The van der Waals surface area contributed by atoms with Gasteiger partial charge >= 0.3 is 0 Å². The molecule has 0 unspecified atom stereocenters. The highest BCUT2D eigenvalue weighted by molar-refractivity contribution is 14.1. The maximum Gasteiger partial charge on any atom is 0.211 e. The van der Waals surface area contributed by atoms with Crippen LogP contribution in [0.5, 0.6) is 0 Å². The van der Waals surface area contributed by atoms with Gasteiger partial charge in [0.2, 0.25) is 3.83 Å². The van der Waals surface area contributed by atoms with Crippen molar-refractivity contribution in [3.05, 3.63) is 44.2 Å². The Bertz CT molecular complexity index is 486. The van der Waals surface area contributed by atoms with Crippen LogP contribution in [0.25, 0.3) is 0 Å². The fourth-order valence-electron chi connectivity index (χ4n) is 1.17. The molecule has 3 nitrogen and oxygen atoms in total. The molecular formula is C9H6BrFIN3. The Morgan fingerprint density at radius 1 is 1.47 bits per heavy atom. The first-order valence-electron chi connectivity index (χ1n) is 4.14. The lowest BCUT2D eigenvalue weighted by Crippen LogP contribution is -2.00. The SMILES string of the molecule is Fc1ccc(Cn2cnc(I)n2)cc1Br. The van der Waals surface area contributed by atoms with Gasteiger partial charge in [0.1, 0.15) is 12.1 Å². The highest BCUT2D eigenvalue weighted by Crippen LogP contribution is 2.17. The largest absolute Gasteiger partial charge is 0.247 e. The normalized spacial score (nSPS) is 10.6. The fraction of sp³-hybridized carbons (Fsp3) is 0.111. The molecule has 0 amide bonds. The van der Waals surface area contributed by atoms with Crippen molar-refractivity contribution >= 4 is 38.5 Å². The second-order valence-electron chi connectivity index (χ2n) is 2.96. The Kier molecular flexibility index (Phi) is 3.35. The second-order valence-corrected chi connectivity index (χ2v) is 4.78. The zero-order valence-electron chi connectivity index (χ0n) is 7.49. The van der Waals surface area contributed by atoms with Crippen LogP contribution >= 0.6 is 38.5 Å². The molecule has 6 heteroatoms. The van der Waals surface area contributed by atoms with Crippen LogP contribution in [0.15, 0.2) is 29.0 Å². The first-order valence-corrected chi connectivity index (χ1v) is 6.01. The molecule has 1 aromatic heterocycles. The molecule has 1 aromatic carbocycles. The Labute approximate surface area is 108 Å². The molecule has 0 aliphatic rings. The minimum atomic E-state index is -0.257. The lowest BCUT2D eigenvalue weighted by molar-refractivity contribution is 0.617. The number of rotatable bonds is 2. The molecule has 0 aliphatic heterocycles. The molecule has 2 rings (SSSR count). The average Bonchev–Trinajstić information content (AvgIpc) is 2.58. The lowest BCUT2D eigenvalue weighted by Gasteiger charge is -2.02. The molecule has 0 bridgehead atoms. The van der Waals surface area contributed by atoms with Gasteiger partial charge in [0.15, 0.2) is 0 Å². The van der Waals surface area contributed by atoms with Gasteiger partial charge in [-0.05, 0) is 33.6 Å². The topological polar surface area (TPSA) is 30.7 Å². The maximum atomic E-state index is 13.0. The molecule has 0 radical (unpaired) electrons. The number of aromatic nitrogens is 3. The minimum absolute atomic E-state index is 0.257. The third-order valence-corrected chi connectivity index (χ3v) is 2.94. The summed E-state index contributed by atoms with van der Waals surface area (Å²) in [6.07, 6.45) is 1.65. The number of hydrogen-bond donors (Lipinski definition) is 0. The van der Waals surface area contributed by atoms with Crippen LogP contribution in [-0.4, -0.2) is 14.8 Å². The second kappa shape index (κ2) is 4.56. The Hall–Kier alpha value is -0.500. The van der Waals surface area contributed by atoms with Crippen molar-refractivity contribution in [2.24, 2.45) is 0 Å². The van der Waals surface area contributed by atoms with Crippen LogP contribution in [0.4, 0.5) is 4.39 Å². The van der Waals surface area contributed by atoms with Crippen molar-refractivity contribution in [2.45, 2.75) is 6.54 Å². The summed E-state index contributed by atoms with van der Waals surface area (Å²) in [5.41, 5.74) is 0.976. The van der Waals surface area contributed by atoms with E-state index < -0.39 is 0 Å². The predicted molar refractivity (Wildman–Crippen MR) is 65.9 cm³/mol. The number of nitrogens with zero attached hydrogens (tertiary/aromatic N) is 3. The predicted octanol–water partition coefficient (Wildman–Crippen LogP) is 2.83. The van der Waals surface area contributed by atoms with E-state index in [0.717, 1.165) is 5.56 Å². The molecule has 15 heavy (non-hydrogen) atoms. The van der Waals surface area contributed by atoms with Gasteiger partial charge in [0.05, 0.1) is 11.0 Å². The average molecular weight is 382 g/mol. The lowest BCUT2D eigenvalue weighted by atomic mass is 10.2. The van der Waals surface area contributed by atoms with Crippen molar-refractivity contribution in [2.75, 3.05) is 0 Å². The Morgan fingerprint density at radius 2 is 2.27 bits per heavy atom. The summed E-state index contributed by atoms with van der Waals surface area (Å²) in [5.74, 6) is -0.257. The summed E-state index contributed by atoms with van der Waals surface area (Å²) >= 11 is 5.19. The van der Waals surface area contributed by atoms with E-state index in [1.807, 2.05) is 22.6 Å². The highest BCUT2D eigenvalue weighted by atomic mass is 127. The van der Waals surface area contributed by atoms with E-state index in [-0.39, 0.29) is 5.82 Å². The Balaban J connectivity index is 2.21. The third-order valence-electron chi connectivity index (χ3n) is 1.84. The first-order chi connectivity index (χ1) is 7.15. The zero-order valence-corrected chi connectivity index (χ0v) is 11.2.